The molecule has 1 aliphatic carbocycles. The lowest BCUT2D eigenvalue weighted by Gasteiger charge is -2.11. The summed E-state index contributed by atoms with van der Waals surface area (Å²) in [6, 6.07) is 7.94. The van der Waals surface area contributed by atoms with Crippen molar-refractivity contribution in [3.05, 3.63) is 28.7 Å². The van der Waals surface area contributed by atoms with E-state index in [4.69, 9.17) is 0 Å². The Morgan fingerprint density at radius 1 is 1.41 bits per heavy atom. The van der Waals surface area contributed by atoms with Crippen molar-refractivity contribution in [2.75, 3.05) is 12.3 Å². The van der Waals surface area contributed by atoms with Crippen LogP contribution in [0.15, 0.2) is 33.6 Å². The van der Waals surface area contributed by atoms with Gasteiger partial charge in [-0.2, -0.15) is 0 Å². The van der Waals surface area contributed by atoms with Crippen molar-refractivity contribution in [1.29, 1.82) is 0 Å². The zero-order valence-electron chi connectivity index (χ0n) is 9.43. The zero-order valence-corrected chi connectivity index (χ0v) is 11.8. The fourth-order valence-corrected chi connectivity index (χ4v) is 2.87. The van der Waals surface area contributed by atoms with Crippen LogP contribution in [0.2, 0.25) is 0 Å². The van der Waals surface area contributed by atoms with Crippen LogP contribution in [0.1, 0.15) is 12.8 Å². The Hall–Kier alpha value is -0.230. The molecule has 1 saturated carbocycles. The topological polar surface area (TPSA) is 49.3 Å². The van der Waals surface area contributed by atoms with E-state index in [-0.39, 0.29) is 0 Å². The quantitative estimate of drug-likeness (QED) is 0.839. The number of hydrogen-bond acceptors (Lipinski definition) is 3. The maximum absolute atomic E-state index is 11.9. The molecule has 2 rings (SSSR count). The Morgan fingerprint density at radius 3 is 2.65 bits per heavy atom. The van der Waals surface area contributed by atoms with Crippen molar-refractivity contribution in [2.45, 2.75) is 29.9 Å². The largest absolute Gasteiger partial charge is 0.391 e. The summed E-state index contributed by atoms with van der Waals surface area (Å²) in [4.78, 5) is 0.763. The van der Waals surface area contributed by atoms with Crippen LogP contribution in [0.5, 0.6) is 0 Å². The van der Waals surface area contributed by atoms with Gasteiger partial charge < -0.3 is 10.4 Å². The highest BCUT2D eigenvalue weighted by Gasteiger charge is 2.21. The molecular formula is C12H16BrNO2S. The molecule has 17 heavy (non-hydrogen) atoms. The van der Waals surface area contributed by atoms with Gasteiger partial charge in [0.15, 0.2) is 0 Å². The molecule has 0 amide bonds. The van der Waals surface area contributed by atoms with Crippen molar-refractivity contribution in [3.63, 3.8) is 0 Å². The van der Waals surface area contributed by atoms with Gasteiger partial charge in [0.25, 0.3) is 0 Å². The van der Waals surface area contributed by atoms with Crippen LogP contribution in [0.4, 0.5) is 0 Å². The van der Waals surface area contributed by atoms with Crippen molar-refractivity contribution < 1.29 is 9.32 Å². The molecule has 3 nitrogen and oxygen atoms in total. The van der Waals surface area contributed by atoms with Gasteiger partial charge in [-0.1, -0.05) is 15.9 Å². The van der Waals surface area contributed by atoms with E-state index in [1.807, 2.05) is 24.3 Å². The van der Waals surface area contributed by atoms with Crippen molar-refractivity contribution >= 4 is 26.7 Å². The molecule has 1 aromatic carbocycles. The highest BCUT2D eigenvalue weighted by molar-refractivity contribution is 9.10. The monoisotopic (exact) mass is 317 g/mol. The van der Waals surface area contributed by atoms with E-state index in [2.05, 4.69) is 21.2 Å². The molecule has 0 spiro atoms. The van der Waals surface area contributed by atoms with E-state index in [1.54, 1.807) is 0 Å². The highest BCUT2D eigenvalue weighted by Crippen LogP contribution is 2.18. The van der Waals surface area contributed by atoms with Gasteiger partial charge in [-0.05, 0) is 37.1 Å². The summed E-state index contributed by atoms with van der Waals surface area (Å²) in [6.07, 6.45) is 1.85. The molecule has 0 saturated heterocycles. The molecular weight excluding hydrogens is 302 g/mol. The molecule has 0 aromatic heterocycles. The van der Waals surface area contributed by atoms with Crippen molar-refractivity contribution in [2.24, 2.45) is 0 Å². The minimum Gasteiger partial charge on any atom is -0.391 e. The molecule has 5 heteroatoms. The van der Waals surface area contributed by atoms with Crippen molar-refractivity contribution in [1.82, 2.24) is 5.32 Å². The molecule has 0 heterocycles. The summed E-state index contributed by atoms with van der Waals surface area (Å²) in [6.45, 7) is 0.535. The summed E-state index contributed by atoms with van der Waals surface area (Å²) in [7, 11) is -1.13. The van der Waals surface area contributed by atoms with Gasteiger partial charge in [0.1, 0.15) is 0 Å². The normalized spacial score (nSPS) is 18.9. The first-order chi connectivity index (χ1) is 8.15. The van der Waals surface area contributed by atoms with Crippen LogP contribution in [0.3, 0.4) is 0 Å². The van der Waals surface area contributed by atoms with E-state index >= 15 is 0 Å². The number of rotatable bonds is 6. The Balaban J connectivity index is 1.80. The number of halogens is 1. The SMILES string of the molecule is O=S(CC(O)CNC1CC1)c1ccc(Br)cc1. The van der Waals surface area contributed by atoms with Gasteiger partial charge in [0.2, 0.25) is 0 Å². The second-order valence-corrected chi connectivity index (χ2v) is 6.71. The first-order valence-corrected chi connectivity index (χ1v) is 7.82. The van der Waals surface area contributed by atoms with Crippen LogP contribution in [-0.4, -0.2) is 33.8 Å². The zero-order chi connectivity index (χ0) is 12.3. The number of benzene rings is 1. The van der Waals surface area contributed by atoms with Crippen LogP contribution in [-0.2, 0) is 10.8 Å². The summed E-state index contributed by atoms with van der Waals surface area (Å²) in [5, 5.41) is 13.0. The standard InChI is InChI=1S/C12H16BrNO2S/c13-9-1-5-12(6-2-9)17(16)8-11(15)7-14-10-3-4-10/h1-2,5-6,10-11,14-15H,3-4,7-8H2. The third-order valence-electron chi connectivity index (χ3n) is 2.64. The Morgan fingerprint density at radius 2 is 2.06 bits per heavy atom. The Labute approximate surface area is 112 Å². The molecule has 0 bridgehead atoms. The number of hydrogen-bond donors (Lipinski definition) is 2. The van der Waals surface area contributed by atoms with E-state index < -0.39 is 16.9 Å². The summed E-state index contributed by atoms with van der Waals surface area (Å²) in [5.74, 6) is 0.293. The molecule has 2 unspecified atom stereocenters. The predicted octanol–water partition coefficient (Wildman–Crippen LogP) is 1.67. The average Bonchev–Trinajstić information content (AvgIpc) is 3.11. The molecule has 2 atom stereocenters. The second-order valence-electron chi connectivity index (χ2n) is 4.30. The molecule has 94 valence electrons. The fourth-order valence-electron chi connectivity index (χ4n) is 1.51. The highest BCUT2D eigenvalue weighted by atomic mass is 79.9. The van der Waals surface area contributed by atoms with E-state index in [0.29, 0.717) is 18.3 Å². The van der Waals surface area contributed by atoms with Gasteiger partial charge in [0, 0.05) is 22.0 Å². The summed E-state index contributed by atoms with van der Waals surface area (Å²) < 4.78 is 12.9. The molecule has 1 fully saturated rings. The minimum atomic E-state index is -1.13. The van der Waals surface area contributed by atoms with Gasteiger partial charge in [-0.15, -0.1) is 0 Å². The van der Waals surface area contributed by atoms with Crippen LogP contribution >= 0.6 is 15.9 Å². The average molecular weight is 318 g/mol. The number of aliphatic hydroxyl groups excluding tert-OH is 1. The maximum Gasteiger partial charge on any atom is 0.0783 e. The Kier molecular flexibility index (Phi) is 4.73. The first-order valence-electron chi connectivity index (χ1n) is 5.70. The molecule has 1 aliphatic rings. The van der Waals surface area contributed by atoms with Gasteiger partial charge >= 0.3 is 0 Å². The number of nitrogens with one attached hydrogen (secondary N) is 1. The first kappa shape index (κ1) is 13.2. The van der Waals surface area contributed by atoms with E-state index in [9.17, 15) is 9.32 Å². The van der Waals surface area contributed by atoms with Gasteiger partial charge in [-0.25, -0.2) is 0 Å². The van der Waals surface area contributed by atoms with Crippen LogP contribution in [0.25, 0.3) is 0 Å². The third-order valence-corrected chi connectivity index (χ3v) is 4.65. The summed E-state index contributed by atoms with van der Waals surface area (Å²) in [5.41, 5.74) is 0. The van der Waals surface area contributed by atoms with Gasteiger partial charge in [-0.3, -0.25) is 4.21 Å². The molecule has 1 aromatic rings. The molecule has 0 aliphatic heterocycles. The fraction of sp³-hybridized carbons (Fsp3) is 0.500. The minimum absolute atomic E-state index is 0.293. The molecule has 0 radical (unpaired) electrons. The van der Waals surface area contributed by atoms with Crippen LogP contribution in [0, 0.1) is 0 Å². The van der Waals surface area contributed by atoms with Crippen LogP contribution < -0.4 is 5.32 Å². The van der Waals surface area contributed by atoms with E-state index in [0.717, 1.165) is 9.37 Å². The summed E-state index contributed by atoms with van der Waals surface area (Å²) >= 11 is 3.33. The predicted molar refractivity (Wildman–Crippen MR) is 72.4 cm³/mol. The second kappa shape index (κ2) is 6.09. The maximum atomic E-state index is 11.9. The smallest absolute Gasteiger partial charge is 0.0783 e. The lowest BCUT2D eigenvalue weighted by atomic mass is 10.4. The number of aliphatic hydroxyl groups is 1. The Bertz CT molecular complexity index is 392. The van der Waals surface area contributed by atoms with Gasteiger partial charge in [0.05, 0.1) is 22.7 Å². The third kappa shape index (κ3) is 4.50. The molecule has 2 N–H and O–H groups in total. The van der Waals surface area contributed by atoms with E-state index in [1.165, 1.54) is 12.8 Å². The lowest BCUT2D eigenvalue weighted by molar-refractivity contribution is 0.194. The van der Waals surface area contributed by atoms with Crippen molar-refractivity contribution in [3.8, 4) is 0 Å². The lowest BCUT2D eigenvalue weighted by Crippen LogP contribution is -2.32.